The second kappa shape index (κ2) is 10.1. The fourth-order valence-corrected chi connectivity index (χ4v) is 4.38. The van der Waals surface area contributed by atoms with Crippen molar-refractivity contribution in [3.8, 4) is 5.75 Å². The van der Waals surface area contributed by atoms with E-state index in [1.54, 1.807) is 15.9 Å². The first-order valence-corrected chi connectivity index (χ1v) is 11.4. The van der Waals surface area contributed by atoms with Crippen LogP contribution < -0.4 is 9.46 Å². The first-order valence-electron chi connectivity index (χ1n) is 9.91. The van der Waals surface area contributed by atoms with E-state index in [4.69, 9.17) is 4.74 Å². The fraction of sp³-hybridized carbons (Fsp3) is 0.600. The zero-order chi connectivity index (χ0) is 21.6. The van der Waals surface area contributed by atoms with Crippen LogP contribution in [0.3, 0.4) is 0 Å². The van der Waals surface area contributed by atoms with E-state index in [-0.39, 0.29) is 33.9 Å². The van der Waals surface area contributed by atoms with Gasteiger partial charge in [-0.15, -0.1) is 0 Å². The van der Waals surface area contributed by atoms with E-state index in [0.717, 1.165) is 19.4 Å². The van der Waals surface area contributed by atoms with Crippen LogP contribution in [0.2, 0.25) is 0 Å². The van der Waals surface area contributed by atoms with Crippen molar-refractivity contribution in [1.82, 2.24) is 14.5 Å². The van der Waals surface area contributed by atoms with E-state index in [1.807, 2.05) is 7.05 Å². The Labute approximate surface area is 173 Å². The smallest absolute Gasteiger partial charge is 0.253 e. The number of ether oxygens (including phenoxy) is 1. The van der Waals surface area contributed by atoms with E-state index >= 15 is 0 Å². The number of carbonyl (C=O) groups excluding carboxylic acids is 2. The molecule has 0 aromatic heterocycles. The molecule has 1 aromatic carbocycles. The molecule has 1 aliphatic heterocycles. The van der Waals surface area contributed by atoms with Crippen molar-refractivity contribution in [3.05, 3.63) is 23.8 Å². The minimum atomic E-state index is -3.76. The lowest BCUT2D eigenvalue weighted by Crippen LogP contribution is -2.43. The van der Waals surface area contributed by atoms with Gasteiger partial charge in [-0.2, -0.15) is 0 Å². The summed E-state index contributed by atoms with van der Waals surface area (Å²) in [4.78, 5) is 28.8. The Morgan fingerprint density at radius 3 is 2.48 bits per heavy atom. The molecule has 0 atom stereocenters. The van der Waals surface area contributed by atoms with Gasteiger partial charge >= 0.3 is 0 Å². The summed E-state index contributed by atoms with van der Waals surface area (Å²) in [7, 11) is 0.757. The van der Waals surface area contributed by atoms with Crippen LogP contribution in [0.15, 0.2) is 23.1 Å². The van der Waals surface area contributed by atoms with E-state index in [9.17, 15) is 18.0 Å². The summed E-state index contributed by atoms with van der Waals surface area (Å²) in [6, 6.07) is 4.38. The Morgan fingerprint density at radius 1 is 1.28 bits per heavy atom. The Balaban J connectivity index is 2.08. The third kappa shape index (κ3) is 5.48. The Bertz CT molecular complexity index is 833. The lowest BCUT2D eigenvalue weighted by atomic mass is 9.94. The van der Waals surface area contributed by atoms with E-state index in [1.165, 1.54) is 26.3 Å². The van der Waals surface area contributed by atoms with Gasteiger partial charge in [-0.05, 0) is 44.5 Å². The maximum Gasteiger partial charge on any atom is 0.253 e. The minimum Gasteiger partial charge on any atom is -0.495 e. The third-order valence-corrected chi connectivity index (χ3v) is 6.76. The van der Waals surface area contributed by atoms with E-state index in [0.29, 0.717) is 25.9 Å². The largest absolute Gasteiger partial charge is 0.495 e. The molecular formula is C20H31N3O5S. The van der Waals surface area contributed by atoms with Gasteiger partial charge in [0.05, 0.1) is 7.11 Å². The number of nitrogens with one attached hydrogen (secondary N) is 1. The van der Waals surface area contributed by atoms with Crippen molar-refractivity contribution >= 4 is 21.8 Å². The van der Waals surface area contributed by atoms with Gasteiger partial charge in [0.2, 0.25) is 15.9 Å². The molecule has 29 heavy (non-hydrogen) atoms. The van der Waals surface area contributed by atoms with Crippen LogP contribution in [0.25, 0.3) is 0 Å². The molecule has 1 heterocycles. The number of unbranched alkanes of at least 4 members (excludes halogenated alkanes) is 1. The van der Waals surface area contributed by atoms with E-state index < -0.39 is 10.0 Å². The van der Waals surface area contributed by atoms with Crippen LogP contribution in [-0.4, -0.2) is 70.9 Å². The summed E-state index contributed by atoms with van der Waals surface area (Å²) in [5.74, 6) is -0.00448. The van der Waals surface area contributed by atoms with Crippen LogP contribution in [0.5, 0.6) is 5.75 Å². The second-order valence-corrected chi connectivity index (χ2v) is 9.11. The molecule has 1 aliphatic rings. The van der Waals surface area contributed by atoms with Gasteiger partial charge in [-0.3, -0.25) is 9.59 Å². The average molecular weight is 426 g/mol. The standard InChI is InChI=1S/C20H31N3O5S/c1-5-6-11-22(3)19(24)15-9-12-23(13-10-15)20(25)16-7-8-17(28-4)18(14-16)29(26,27)21-2/h7-8,14-15,21H,5-6,9-13H2,1-4H3. The number of hydrogen-bond donors (Lipinski definition) is 1. The van der Waals surface area contributed by atoms with Gasteiger partial charge in [0.25, 0.3) is 5.91 Å². The highest BCUT2D eigenvalue weighted by molar-refractivity contribution is 7.89. The van der Waals surface area contributed by atoms with Crippen LogP contribution >= 0.6 is 0 Å². The molecule has 0 aliphatic carbocycles. The van der Waals surface area contributed by atoms with Crippen LogP contribution in [0, 0.1) is 5.92 Å². The van der Waals surface area contributed by atoms with Gasteiger partial charge in [0.15, 0.2) is 0 Å². The number of carbonyl (C=O) groups is 2. The van der Waals surface area contributed by atoms with E-state index in [2.05, 4.69) is 11.6 Å². The Kier molecular flexibility index (Phi) is 8.04. The van der Waals surface area contributed by atoms with Gasteiger partial charge in [0.1, 0.15) is 10.6 Å². The molecular weight excluding hydrogens is 394 g/mol. The monoisotopic (exact) mass is 425 g/mol. The lowest BCUT2D eigenvalue weighted by molar-refractivity contribution is -0.135. The van der Waals surface area contributed by atoms with Crippen molar-refractivity contribution in [2.75, 3.05) is 40.8 Å². The minimum absolute atomic E-state index is 0.0722. The van der Waals surface area contributed by atoms with Crippen molar-refractivity contribution in [3.63, 3.8) is 0 Å². The molecule has 8 nitrogen and oxygen atoms in total. The van der Waals surface area contributed by atoms with Gasteiger partial charge < -0.3 is 14.5 Å². The predicted molar refractivity (Wildman–Crippen MR) is 110 cm³/mol. The molecule has 1 aromatic rings. The average Bonchev–Trinajstić information content (AvgIpc) is 2.76. The van der Waals surface area contributed by atoms with Crippen molar-refractivity contribution in [2.45, 2.75) is 37.5 Å². The first-order chi connectivity index (χ1) is 13.7. The predicted octanol–water partition coefficient (Wildman–Crippen LogP) is 1.71. The zero-order valence-electron chi connectivity index (χ0n) is 17.6. The molecule has 2 rings (SSSR count). The number of benzene rings is 1. The summed E-state index contributed by atoms with van der Waals surface area (Å²) in [5, 5.41) is 0. The molecule has 0 spiro atoms. The first kappa shape index (κ1) is 23.2. The summed E-state index contributed by atoms with van der Waals surface area (Å²) < 4.78 is 31.8. The van der Waals surface area contributed by atoms with Crippen molar-refractivity contribution in [2.24, 2.45) is 5.92 Å². The molecule has 0 radical (unpaired) electrons. The molecule has 1 N–H and O–H groups in total. The number of nitrogens with zero attached hydrogens (tertiary/aromatic N) is 2. The third-order valence-electron chi connectivity index (χ3n) is 5.32. The van der Waals surface area contributed by atoms with Crippen LogP contribution in [0.4, 0.5) is 0 Å². The number of amides is 2. The topological polar surface area (TPSA) is 96.0 Å². The van der Waals surface area contributed by atoms with Crippen LogP contribution in [-0.2, 0) is 14.8 Å². The van der Waals surface area contributed by atoms with Crippen molar-refractivity contribution in [1.29, 1.82) is 0 Å². The number of methoxy groups -OCH3 is 1. The summed E-state index contributed by atoms with van der Waals surface area (Å²) in [6.07, 6.45) is 3.24. The van der Waals surface area contributed by atoms with Crippen LogP contribution in [0.1, 0.15) is 43.0 Å². The Hall–Kier alpha value is -2.13. The zero-order valence-corrected chi connectivity index (χ0v) is 18.4. The highest BCUT2D eigenvalue weighted by atomic mass is 32.2. The molecule has 2 amide bonds. The number of rotatable bonds is 8. The second-order valence-electron chi connectivity index (χ2n) is 7.25. The highest BCUT2D eigenvalue weighted by Crippen LogP contribution is 2.27. The molecule has 0 saturated carbocycles. The number of piperidine rings is 1. The van der Waals surface area contributed by atoms with Gasteiger partial charge in [-0.1, -0.05) is 13.3 Å². The maximum atomic E-state index is 12.9. The number of likely N-dealkylation sites (tertiary alicyclic amines) is 1. The molecule has 162 valence electrons. The summed E-state index contributed by atoms with van der Waals surface area (Å²) in [6.45, 7) is 3.78. The van der Waals surface area contributed by atoms with Crippen molar-refractivity contribution < 1.29 is 22.7 Å². The molecule has 9 heteroatoms. The highest BCUT2D eigenvalue weighted by Gasteiger charge is 2.30. The maximum absolute atomic E-state index is 12.9. The molecule has 0 unspecified atom stereocenters. The van der Waals surface area contributed by atoms with Gasteiger partial charge in [-0.25, -0.2) is 13.1 Å². The SMILES string of the molecule is CCCCN(C)C(=O)C1CCN(C(=O)c2ccc(OC)c(S(=O)(=O)NC)c2)CC1. The summed E-state index contributed by atoms with van der Waals surface area (Å²) in [5.41, 5.74) is 0.282. The fourth-order valence-electron chi connectivity index (χ4n) is 3.46. The summed E-state index contributed by atoms with van der Waals surface area (Å²) >= 11 is 0. The molecule has 1 saturated heterocycles. The lowest BCUT2D eigenvalue weighted by Gasteiger charge is -2.33. The normalized spacial score (nSPS) is 15.2. The molecule has 0 bridgehead atoms. The number of sulfonamides is 1. The quantitative estimate of drug-likeness (QED) is 0.684. The van der Waals surface area contributed by atoms with Gasteiger partial charge in [0, 0.05) is 38.2 Å². The Morgan fingerprint density at radius 2 is 1.93 bits per heavy atom. The number of hydrogen-bond acceptors (Lipinski definition) is 5. The molecule has 1 fully saturated rings.